The molecule has 0 saturated heterocycles. The van der Waals surface area contributed by atoms with Gasteiger partial charge in [-0.1, -0.05) is 72.1 Å². The second-order valence-corrected chi connectivity index (χ2v) is 6.99. The molecule has 0 aromatic carbocycles. The van der Waals surface area contributed by atoms with Crippen molar-refractivity contribution in [2.45, 2.75) is 91.4 Å². The largest absolute Gasteiger partial charge is 0.309 e. The first-order chi connectivity index (χ1) is 9.04. The molecule has 0 aromatic rings. The van der Waals surface area contributed by atoms with Crippen LogP contribution in [0.2, 0.25) is 0 Å². The van der Waals surface area contributed by atoms with Crippen molar-refractivity contribution in [2.24, 2.45) is 5.41 Å². The van der Waals surface area contributed by atoms with Gasteiger partial charge < -0.3 is 4.90 Å². The van der Waals surface area contributed by atoms with Gasteiger partial charge in [-0.3, -0.25) is 0 Å². The van der Waals surface area contributed by atoms with Crippen molar-refractivity contribution in [1.29, 1.82) is 0 Å². The summed E-state index contributed by atoms with van der Waals surface area (Å²) < 4.78 is 0. The number of hydrogen-bond acceptors (Lipinski definition) is 1. The zero-order valence-electron chi connectivity index (χ0n) is 14.4. The highest BCUT2D eigenvalue weighted by atomic mass is 15.0. The van der Waals surface area contributed by atoms with Gasteiger partial charge in [0.2, 0.25) is 0 Å². The fourth-order valence-corrected chi connectivity index (χ4v) is 2.83. The van der Waals surface area contributed by atoms with E-state index in [4.69, 9.17) is 0 Å². The zero-order valence-corrected chi connectivity index (χ0v) is 14.4. The van der Waals surface area contributed by atoms with E-state index in [9.17, 15) is 0 Å². The summed E-state index contributed by atoms with van der Waals surface area (Å²) in [6.45, 7) is 8.39. The van der Waals surface area contributed by atoms with Gasteiger partial charge in [0.1, 0.15) is 0 Å². The summed E-state index contributed by atoms with van der Waals surface area (Å²) in [5.74, 6) is 0. The second-order valence-electron chi connectivity index (χ2n) is 6.99. The van der Waals surface area contributed by atoms with Gasteiger partial charge in [0.05, 0.1) is 0 Å². The third kappa shape index (κ3) is 11.5. The molecule has 19 heavy (non-hydrogen) atoms. The van der Waals surface area contributed by atoms with E-state index in [2.05, 4.69) is 39.8 Å². The molecule has 0 unspecified atom stereocenters. The predicted octanol–water partition coefficient (Wildman–Crippen LogP) is 5.89. The summed E-state index contributed by atoms with van der Waals surface area (Å²) in [7, 11) is 4.41. The third-order valence-electron chi connectivity index (χ3n) is 4.43. The van der Waals surface area contributed by atoms with E-state index in [-0.39, 0.29) is 0 Å². The molecule has 0 aliphatic heterocycles. The Labute approximate surface area is 123 Å². The molecule has 0 atom stereocenters. The van der Waals surface area contributed by atoms with Crippen LogP contribution in [0.1, 0.15) is 91.4 Å². The van der Waals surface area contributed by atoms with Crippen molar-refractivity contribution in [3.63, 3.8) is 0 Å². The summed E-state index contributed by atoms with van der Waals surface area (Å²) in [4.78, 5) is 2.34. The number of rotatable bonds is 13. The van der Waals surface area contributed by atoms with E-state index in [0.717, 1.165) is 0 Å². The quantitative estimate of drug-likeness (QED) is 0.377. The second kappa shape index (κ2) is 11.8. The van der Waals surface area contributed by atoms with Crippen LogP contribution in [-0.2, 0) is 0 Å². The Hall–Kier alpha value is -0.0400. The Kier molecular flexibility index (Phi) is 11.7. The summed E-state index contributed by atoms with van der Waals surface area (Å²) >= 11 is 0. The van der Waals surface area contributed by atoms with E-state index < -0.39 is 0 Å². The topological polar surface area (TPSA) is 3.24 Å². The Balaban J connectivity index is 4.03. The highest BCUT2D eigenvalue weighted by molar-refractivity contribution is 4.75. The molecule has 0 N–H and O–H groups in total. The smallest absolute Gasteiger partial charge is 0.00196 e. The van der Waals surface area contributed by atoms with Crippen LogP contribution in [0.25, 0.3) is 0 Å². The Morgan fingerprint density at radius 2 is 1.16 bits per heavy atom. The molecule has 1 heteroatoms. The first-order valence-corrected chi connectivity index (χ1v) is 8.69. The van der Waals surface area contributed by atoms with Crippen LogP contribution >= 0.6 is 0 Å². The maximum atomic E-state index is 2.54. The highest BCUT2D eigenvalue weighted by Gasteiger charge is 2.23. The van der Waals surface area contributed by atoms with Gasteiger partial charge in [0.15, 0.2) is 0 Å². The highest BCUT2D eigenvalue weighted by Crippen LogP contribution is 2.34. The molecule has 0 rings (SSSR count). The number of hydrogen-bond donors (Lipinski definition) is 0. The van der Waals surface area contributed by atoms with Crippen molar-refractivity contribution in [3.05, 3.63) is 0 Å². The lowest BCUT2D eigenvalue weighted by atomic mass is 9.77. The van der Waals surface area contributed by atoms with Gasteiger partial charge in [-0.2, -0.15) is 0 Å². The fourth-order valence-electron chi connectivity index (χ4n) is 2.83. The van der Waals surface area contributed by atoms with E-state index >= 15 is 0 Å². The minimum atomic E-state index is 0.589. The minimum Gasteiger partial charge on any atom is -0.309 e. The maximum Gasteiger partial charge on any atom is -0.00196 e. The fraction of sp³-hybridized carbons (Fsp3) is 1.00. The van der Waals surface area contributed by atoms with Crippen molar-refractivity contribution >= 4 is 0 Å². The molecular formula is C18H39N. The average Bonchev–Trinajstić information content (AvgIpc) is 2.38. The van der Waals surface area contributed by atoms with Crippen molar-refractivity contribution in [1.82, 2.24) is 4.90 Å². The number of unbranched alkanes of at least 4 members (excludes halogenated alkanes) is 6. The van der Waals surface area contributed by atoms with Crippen molar-refractivity contribution < 1.29 is 0 Å². The van der Waals surface area contributed by atoms with Crippen molar-refractivity contribution in [3.8, 4) is 0 Å². The summed E-state index contributed by atoms with van der Waals surface area (Å²) in [5, 5.41) is 0. The molecular weight excluding hydrogens is 230 g/mol. The van der Waals surface area contributed by atoms with E-state index in [1.54, 1.807) is 0 Å². The van der Waals surface area contributed by atoms with Crippen LogP contribution in [0.4, 0.5) is 0 Å². The van der Waals surface area contributed by atoms with Crippen LogP contribution in [-0.4, -0.2) is 25.5 Å². The SMILES string of the molecule is CCCCCCC(C)(CCCCCC)CCN(C)C. The third-order valence-corrected chi connectivity index (χ3v) is 4.43. The molecule has 0 radical (unpaired) electrons. The normalized spacial score (nSPS) is 12.3. The number of nitrogens with zero attached hydrogens (tertiary/aromatic N) is 1. The van der Waals surface area contributed by atoms with Crippen LogP contribution in [0, 0.1) is 5.41 Å². The summed E-state index contributed by atoms with van der Waals surface area (Å²) in [5.41, 5.74) is 0.589. The lowest BCUT2D eigenvalue weighted by molar-refractivity contribution is 0.203. The van der Waals surface area contributed by atoms with Gasteiger partial charge in [-0.05, 0) is 45.3 Å². The minimum absolute atomic E-state index is 0.589. The molecule has 1 nitrogen and oxygen atoms in total. The molecule has 0 spiro atoms. The zero-order chi connectivity index (χ0) is 14.6. The van der Waals surface area contributed by atoms with Gasteiger partial charge >= 0.3 is 0 Å². The molecule has 0 aliphatic carbocycles. The van der Waals surface area contributed by atoms with Crippen LogP contribution in [0.3, 0.4) is 0 Å². The first kappa shape index (κ1) is 19.0. The predicted molar refractivity (Wildman–Crippen MR) is 88.8 cm³/mol. The van der Waals surface area contributed by atoms with E-state index in [1.807, 2.05) is 0 Å². The Morgan fingerprint density at radius 1 is 0.684 bits per heavy atom. The molecule has 0 saturated carbocycles. The average molecular weight is 270 g/mol. The first-order valence-electron chi connectivity index (χ1n) is 8.69. The van der Waals surface area contributed by atoms with E-state index in [0.29, 0.717) is 5.41 Å². The van der Waals surface area contributed by atoms with Gasteiger partial charge in [0.25, 0.3) is 0 Å². The summed E-state index contributed by atoms with van der Waals surface area (Å²) in [6, 6.07) is 0. The molecule has 0 fully saturated rings. The van der Waals surface area contributed by atoms with Gasteiger partial charge in [-0.15, -0.1) is 0 Å². The lowest BCUT2D eigenvalue weighted by Gasteiger charge is -2.31. The summed E-state index contributed by atoms with van der Waals surface area (Å²) in [6.07, 6.45) is 15.5. The van der Waals surface area contributed by atoms with Crippen LogP contribution in [0.5, 0.6) is 0 Å². The van der Waals surface area contributed by atoms with Crippen LogP contribution in [0.15, 0.2) is 0 Å². The monoisotopic (exact) mass is 269 g/mol. The molecule has 116 valence electrons. The maximum absolute atomic E-state index is 2.54. The van der Waals surface area contributed by atoms with E-state index in [1.165, 1.54) is 77.2 Å². The van der Waals surface area contributed by atoms with Crippen molar-refractivity contribution in [2.75, 3.05) is 20.6 Å². The molecule has 0 amide bonds. The Bertz CT molecular complexity index is 174. The molecule has 0 heterocycles. The van der Waals surface area contributed by atoms with Gasteiger partial charge in [0, 0.05) is 0 Å². The van der Waals surface area contributed by atoms with Gasteiger partial charge in [-0.25, -0.2) is 0 Å². The molecule has 0 aromatic heterocycles. The molecule has 0 bridgehead atoms. The van der Waals surface area contributed by atoms with Crippen LogP contribution < -0.4 is 0 Å². The lowest BCUT2D eigenvalue weighted by Crippen LogP contribution is -2.24. The molecule has 0 aliphatic rings. The standard InChI is InChI=1S/C18H39N/c1-6-8-10-12-14-18(3,16-17-19(4)5)15-13-11-9-7-2/h6-17H2,1-5H3. The Morgan fingerprint density at radius 3 is 1.53 bits per heavy atom.